The van der Waals surface area contributed by atoms with E-state index in [0.717, 1.165) is 58.3 Å². The first-order chi connectivity index (χ1) is 19.6. The molecule has 0 saturated carbocycles. The Morgan fingerprint density at radius 2 is 0.805 bits per heavy atom. The summed E-state index contributed by atoms with van der Waals surface area (Å²) >= 11 is 0. The summed E-state index contributed by atoms with van der Waals surface area (Å²) in [7, 11) is 7.56. The standard InChI is InChI=1S/C30H61N7O4/c1-23(11-7-15-31-3)19-28(39)36-26(13-9-17-33-5)21-30(41)37-27(14-10-18-34-6)22-29(40)35-25(20-24(2)38)12-8-16-32-4/h23,25-27,31-34H,7-22H2,1-6H3,(H,35,40)(H,36,39)(H,37,41). The molecule has 0 aliphatic carbocycles. The third-order valence-electron chi connectivity index (χ3n) is 7.09. The summed E-state index contributed by atoms with van der Waals surface area (Å²) in [5.74, 6) is -0.0449. The number of hydrogen-bond acceptors (Lipinski definition) is 8. The van der Waals surface area contributed by atoms with Gasteiger partial charge in [0.2, 0.25) is 17.7 Å². The first-order valence-corrected chi connectivity index (χ1v) is 15.6. The third kappa shape index (κ3) is 23.2. The van der Waals surface area contributed by atoms with E-state index in [4.69, 9.17) is 0 Å². The molecular formula is C30H61N7O4. The quantitative estimate of drug-likeness (QED) is 0.0713. The van der Waals surface area contributed by atoms with Gasteiger partial charge in [0.1, 0.15) is 5.78 Å². The minimum absolute atomic E-state index is 0.0241. The lowest BCUT2D eigenvalue weighted by Gasteiger charge is -2.24. The Balaban J connectivity index is 5.18. The second kappa shape index (κ2) is 25.6. The average Bonchev–Trinajstić information content (AvgIpc) is 2.88. The van der Waals surface area contributed by atoms with E-state index >= 15 is 0 Å². The molecule has 0 aromatic heterocycles. The number of amides is 3. The maximum atomic E-state index is 13.1. The van der Waals surface area contributed by atoms with Crippen molar-refractivity contribution in [2.45, 2.75) is 109 Å². The van der Waals surface area contributed by atoms with Crippen molar-refractivity contribution in [1.82, 2.24) is 37.2 Å². The minimum atomic E-state index is -0.327. The van der Waals surface area contributed by atoms with E-state index in [1.807, 2.05) is 28.2 Å². The maximum absolute atomic E-state index is 13.1. The Hall–Kier alpha value is -2.08. The fourth-order valence-corrected chi connectivity index (χ4v) is 4.95. The Kier molecular flexibility index (Phi) is 24.3. The minimum Gasteiger partial charge on any atom is -0.353 e. The molecule has 0 radical (unpaired) electrons. The van der Waals surface area contributed by atoms with Crippen LogP contribution in [0.5, 0.6) is 0 Å². The normalized spacial score (nSPS) is 14.1. The van der Waals surface area contributed by atoms with Gasteiger partial charge >= 0.3 is 0 Å². The average molecular weight is 584 g/mol. The molecule has 0 aliphatic rings. The van der Waals surface area contributed by atoms with Crippen LogP contribution in [0, 0.1) is 5.92 Å². The number of Topliss-reactive ketones (excluding diaryl/α,β-unsaturated/α-hetero) is 1. The number of carbonyl (C=O) groups is 4. The lowest BCUT2D eigenvalue weighted by atomic mass is 10.00. The second-order valence-electron chi connectivity index (χ2n) is 11.4. The lowest BCUT2D eigenvalue weighted by Crippen LogP contribution is -2.45. The van der Waals surface area contributed by atoms with E-state index in [0.29, 0.717) is 32.1 Å². The van der Waals surface area contributed by atoms with Crippen LogP contribution in [0.15, 0.2) is 0 Å². The third-order valence-corrected chi connectivity index (χ3v) is 7.09. The molecule has 0 heterocycles. The first-order valence-electron chi connectivity index (χ1n) is 15.6. The SMILES string of the molecule is CNCCCC(C)CC(=O)NC(CCCNC)CC(=O)NC(CCCNC)CC(=O)NC(CCCNC)CC(C)=O. The smallest absolute Gasteiger partial charge is 0.222 e. The highest BCUT2D eigenvalue weighted by atomic mass is 16.2. The van der Waals surface area contributed by atoms with E-state index in [2.05, 4.69) is 44.1 Å². The zero-order chi connectivity index (χ0) is 30.9. The monoisotopic (exact) mass is 583 g/mol. The van der Waals surface area contributed by atoms with Crippen molar-refractivity contribution >= 4 is 23.5 Å². The molecule has 7 N–H and O–H groups in total. The van der Waals surface area contributed by atoms with Gasteiger partial charge in [0.25, 0.3) is 0 Å². The molecule has 0 saturated heterocycles. The second-order valence-corrected chi connectivity index (χ2v) is 11.4. The molecule has 11 nitrogen and oxygen atoms in total. The summed E-state index contributed by atoms with van der Waals surface area (Å²) in [5.41, 5.74) is 0. The van der Waals surface area contributed by atoms with Gasteiger partial charge in [-0.25, -0.2) is 0 Å². The molecule has 0 fully saturated rings. The van der Waals surface area contributed by atoms with Gasteiger partial charge in [-0.15, -0.1) is 0 Å². The highest BCUT2D eigenvalue weighted by Crippen LogP contribution is 2.12. The Morgan fingerprint density at radius 3 is 1.15 bits per heavy atom. The number of hydrogen-bond donors (Lipinski definition) is 7. The van der Waals surface area contributed by atoms with Gasteiger partial charge in [-0.2, -0.15) is 0 Å². The summed E-state index contributed by atoms with van der Waals surface area (Å²) in [6.45, 7) is 6.94. The summed E-state index contributed by atoms with van der Waals surface area (Å²) in [5, 5.41) is 21.6. The van der Waals surface area contributed by atoms with Gasteiger partial charge in [0, 0.05) is 43.8 Å². The van der Waals surface area contributed by atoms with Crippen LogP contribution in [0.2, 0.25) is 0 Å². The largest absolute Gasteiger partial charge is 0.353 e. The summed E-state index contributed by atoms with van der Waals surface area (Å²) in [6.07, 6.45) is 7.61. The van der Waals surface area contributed by atoms with Crippen LogP contribution in [-0.2, 0) is 19.2 Å². The maximum Gasteiger partial charge on any atom is 0.222 e. The molecule has 0 aromatic rings. The van der Waals surface area contributed by atoms with Crippen molar-refractivity contribution in [2.75, 3.05) is 54.4 Å². The molecule has 11 heteroatoms. The Labute approximate surface area is 249 Å². The van der Waals surface area contributed by atoms with Crippen LogP contribution in [0.1, 0.15) is 90.9 Å². The zero-order valence-electron chi connectivity index (χ0n) is 26.8. The predicted molar refractivity (Wildman–Crippen MR) is 167 cm³/mol. The van der Waals surface area contributed by atoms with Crippen LogP contribution in [0.3, 0.4) is 0 Å². The van der Waals surface area contributed by atoms with Gasteiger partial charge < -0.3 is 37.2 Å². The van der Waals surface area contributed by atoms with Crippen LogP contribution in [0.4, 0.5) is 0 Å². The fourth-order valence-electron chi connectivity index (χ4n) is 4.95. The van der Waals surface area contributed by atoms with E-state index in [1.165, 1.54) is 6.92 Å². The van der Waals surface area contributed by atoms with Crippen molar-refractivity contribution in [3.63, 3.8) is 0 Å². The van der Waals surface area contributed by atoms with Crippen LogP contribution in [-0.4, -0.2) is 96.0 Å². The van der Waals surface area contributed by atoms with Crippen molar-refractivity contribution in [1.29, 1.82) is 0 Å². The van der Waals surface area contributed by atoms with Gasteiger partial charge in [0.15, 0.2) is 0 Å². The molecule has 3 amide bonds. The first kappa shape index (κ1) is 38.9. The van der Waals surface area contributed by atoms with Crippen molar-refractivity contribution in [3.05, 3.63) is 0 Å². The molecule has 0 rings (SSSR count). The van der Waals surface area contributed by atoms with Crippen LogP contribution >= 0.6 is 0 Å². The highest BCUT2D eigenvalue weighted by Gasteiger charge is 2.22. The van der Waals surface area contributed by atoms with Gasteiger partial charge in [-0.05, 0) is 119 Å². The number of ketones is 1. The molecule has 0 bridgehead atoms. The molecule has 0 aromatic carbocycles. The topological polar surface area (TPSA) is 152 Å². The number of nitrogens with one attached hydrogen (secondary N) is 7. The Morgan fingerprint density at radius 1 is 0.488 bits per heavy atom. The number of carbonyl (C=O) groups excluding carboxylic acids is 4. The molecule has 41 heavy (non-hydrogen) atoms. The van der Waals surface area contributed by atoms with Crippen molar-refractivity contribution in [2.24, 2.45) is 5.92 Å². The molecule has 0 spiro atoms. The highest BCUT2D eigenvalue weighted by molar-refractivity contribution is 5.82. The summed E-state index contributed by atoms with van der Waals surface area (Å²) in [4.78, 5) is 50.6. The van der Waals surface area contributed by atoms with E-state index in [9.17, 15) is 19.2 Å². The van der Waals surface area contributed by atoms with Gasteiger partial charge in [-0.1, -0.05) is 6.92 Å². The summed E-state index contributed by atoms with van der Waals surface area (Å²) < 4.78 is 0. The molecule has 4 unspecified atom stereocenters. The molecule has 4 atom stereocenters. The van der Waals surface area contributed by atoms with Crippen molar-refractivity contribution in [3.8, 4) is 0 Å². The Bertz CT molecular complexity index is 723. The fraction of sp³-hybridized carbons (Fsp3) is 0.867. The van der Waals surface area contributed by atoms with E-state index in [1.54, 1.807) is 0 Å². The molecular weight excluding hydrogens is 522 g/mol. The summed E-state index contributed by atoms with van der Waals surface area (Å²) in [6, 6.07) is -0.805. The van der Waals surface area contributed by atoms with Gasteiger partial charge in [0.05, 0.1) is 0 Å². The van der Waals surface area contributed by atoms with Gasteiger partial charge in [-0.3, -0.25) is 19.2 Å². The number of rotatable bonds is 27. The zero-order valence-corrected chi connectivity index (χ0v) is 26.8. The predicted octanol–water partition coefficient (Wildman–Crippen LogP) is 1.22. The lowest BCUT2D eigenvalue weighted by molar-refractivity contribution is -0.124. The van der Waals surface area contributed by atoms with Crippen LogP contribution in [0.25, 0.3) is 0 Å². The van der Waals surface area contributed by atoms with Crippen molar-refractivity contribution < 1.29 is 19.2 Å². The van der Waals surface area contributed by atoms with E-state index in [-0.39, 0.29) is 60.4 Å². The molecule has 240 valence electrons. The van der Waals surface area contributed by atoms with Crippen LogP contribution < -0.4 is 37.2 Å². The molecule has 0 aliphatic heterocycles. The van der Waals surface area contributed by atoms with E-state index < -0.39 is 0 Å².